The molecule has 27 heavy (non-hydrogen) atoms. The summed E-state index contributed by atoms with van der Waals surface area (Å²) in [6.07, 6.45) is 3.20. The summed E-state index contributed by atoms with van der Waals surface area (Å²) in [6, 6.07) is 18.5. The van der Waals surface area contributed by atoms with Gasteiger partial charge in [0.05, 0.1) is 11.8 Å². The van der Waals surface area contributed by atoms with Gasteiger partial charge in [-0.1, -0.05) is 66.4 Å². The second kappa shape index (κ2) is 7.96. The summed E-state index contributed by atoms with van der Waals surface area (Å²) in [6.45, 7) is 0. The fraction of sp³-hybridized carbons (Fsp3) is 0.286. The van der Waals surface area contributed by atoms with Gasteiger partial charge in [0.15, 0.2) is 11.0 Å². The third-order valence-corrected chi connectivity index (χ3v) is 5.92. The lowest BCUT2D eigenvalue weighted by atomic mass is 9.88. The molecule has 0 bridgehead atoms. The van der Waals surface area contributed by atoms with Crippen LogP contribution >= 0.6 is 11.8 Å². The maximum Gasteiger partial charge on any atom is 0.230 e. The predicted octanol–water partition coefficient (Wildman–Crippen LogP) is 3.77. The first-order valence-electron chi connectivity index (χ1n) is 9.17. The molecule has 0 saturated carbocycles. The van der Waals surface area contributed by atoms with Crippen LogP contribution < -0.4 is 5.32 Å². The second-order valence-electron chi connectivity index (χ2n) is 6.73. The zero-order valence-electron chi connectivity index (χ0n) is 15.3. The lowest BCUT2D eigenvalue weighted by Crippen LogP contribution is -2.32. The van der Waals surface area contributed by atoms with Crippen LogP contribution in [0.1, 0.15) is 30.0 Å². The Hall–Kier alpha value is -2.60. The molecule has 0 saturated heterocycles. The van der Waals surface area contributed by atoms with E-state index in [2.05, 4.69) is 33.7 Å². The molecule has 1 aliphatic carbocycles. The summed E-state index contributed by atoms with van der Waals surface area (Å²) in [4.78, 5) is 12.5. The highest BCUT2D eigenvalue weighted by molar-refractivity contribution is 7.99. The van der Waals surface area contributed by atoms with Crippen molar-refractivity contribution >= 4 is 17.7 Å². The van der Waals surface area contributed by atoms with Crippen molar-refractivity contribution in [3.8, 4) is 11.4 Å². The molecule has 3 aromatic rings. The van der Waals surface area contributed by atoms with E-state index in [1.165, 1.54) is 22.9 Å². The summed E-state index contributed by atoms with van der Waals surface area (Å²) < 4.78 is 1.93. The van der Waals surface area contributed by atoms with Crippen molar-refractivity contribution in [3.63, 3.8) is 0 Å². The van der Waals surface area contributed by atoms with Crippen LogP contribution in [0.5, 0.6) is 0 Å². The summed E-state index contributed by atoms with van der Waals surface area (Å²) >= 11 is 1.42. The molecule has 0 unspecified atom stereocenters. The number of carbonyl (C=O) groups excluding carboxylic acids is 1. The average Bonchev–Trinajstić information content (AvgIpc) is 3.08. The molecule has 5 nitrogen and oxygen atoms in total. The maximum absolute atomic E-state index is 12.5. The van der Waals surface area contributed by atoms with Crippen molar-refractivity contribution in [2.75, 3.05) is 5.75 Å². The monoisotopic (exact) mass is 378 g/mol. The number of hydrogen-bond acceptors (Lipinski definition) is 4. The minimum Gasteiger partial charge on any atom is -0.349 e. The molecule has 0 spiro atoms. The number of benzene rings is 2. The molecular formula is C21H22N4OS. The number of aryl methyl sites for hydroxylation is 1. The van der Waals surface area contributed by atoms with Gasteiger partial charge in [0.25, 0.3) is 0 Å². The van der Waals surface area contributed by atoms with E-state index in [0.717, 1.165) is 35.8 Å². The molecule has 138 valence electrons. The van der Waals surface area contributed by atoms with Crippen LogP contribution in [0.2, 0.25) is 0 Å². The van der Waals surface area contributed by atoms with Gasteiger partial charge in [-0.05, 0) is 30.4 Å². The number of aromatic nitrogens is 3. The molecular weight excluding hydrogens is 356 g/mol. The highest BCUT2D eigenvalue weighted by Gasteiger charge is 2.21. The first-order chi connectivity index (χ1) is 13.2. The van der Waals surface area contributed by atoms with Gasteiger partial charge in [-0.15, -0.1) is 10.2 Å². The largest absolute Gasteiger partial charge is 0.349 e. The number of nitrogens with one attached hydrogen (secondary N) is 1. The standard InChI is InChI=1S/C21H22N4OS/c1-25-20(16-9-3-2-4-10-16)23-24-21(25)27-14-19(26)22-18-13-7-11-15-8-5-6-12-17(15)18/h2-6,8-10,12,18H,7,11,13-14H2,1H3,(H,22,26)/t18-/m1/s1. The first kappa shape index (κ1) is 17.8. The molecule has 1 aromatic heterocycles. The van der Waals surface area contributed by atoms with Gasteiger partial charge >= 0.3 is 0 Å². The van der Waals surface area contributed by atoms with Gasteiger partial charge in [0.2, 0.25) is 5.91 Å². The van der Waals surface area contributed by atoms with Crippen molar-refractivity contribution in [2.45, 2.75) is 30.5 Å². The van der Waals surface area contributed by atoms with Gasteiger partial charge in [0, 0.05) is 12.6 Å². The fourth-order valence-corrected chi connectivity index (χ4v) is 4.27. The van der Waals surface area contributed by atoms with Crippen molar-refractivity contribution in [3.05, 3.63) is 65.7 Å². The topological polar surface area (TPSA) is 59.8 Å². The van der Waals surface area contributed by atoms with Crippen LogP contribution in [-0.4, -0.2) is 26.4 Å². The van der Waals surface area contributed by atoms with E-state index in [1.54, 1.807) is 0 Å². The van der Waals surface area contributed by atoms with Crippen LogP contribution in [0.4, 0.5) is 0 Å². The Morgan fingerprint density at radius 2 is 1.93 bits per heavy atom. The Balaban J connectivity index is 1.39. The van der Waals surface area contributed by atoms with Crippen LogP contribution in [0.15, 0.2) is 59.8 Å². The molecule has 1 amide bonds. The summed E-state index contributed by atoms with van der Waals surface area (Å²) in [5.74, 6) is 1.17. The molecule has 1 atom stereocenters. The number of hydrogen-bond donors (Lipinski definition) is 1. The average molecular weight is 379 g/mol. The predicted molar refractivity (Wildman–Crippen MR) is 107 cm³/mol. The Bertz CT molecular complexity index is 938. The quantitative estimate of drug-likeness (QED) is 0.687. The van der Waals surface area contributed by atoms with Gasteiger partial charge in [-0.2, -0.15) is 0 Å². The second-order valence-corrected chi connectivity index (χ2v) is 7.67. The minimum absolute atomic E-state index is 0.0333. The Kier molecular flexibility index (Phi) is 5.25. The number of fused-ring (bicyclic) bond motifs is 1. The normalized spacial score (nSPS) is 16.0. The number of carbonyl (C=O) groups is 1. The number of thioether (sulfide) groups is 1. The Morgan fingerprint density at radius 3 is 2.78 bits per heavy atom. The summed E-state index contributed by atoms with van der Waals surface area (Å²) in [5.41, 5.74) is 3.62. The molecule has 0 aliphatic heterocycles. The van der Waals surface area contributed by atoms with Crippen molar-refractivity contribution in [1.29, 1.82) is 0 Å². The third kappa shape index (κ3) is 3.90. The third-order valence-electron chi connectivity index (χ3n) is 4.90. The summed E-state index contributed by atoms with van der Waals surface area (Å²) in [5, 5.41) is 12.4. The first-order valence-corrected chi connectivity index (χ1v) is 10.2. The van der Waals surface area contributed by atoms with E-state index >= 15 is 0 Å². The molecule has 1 N–H and O–H groups in total. The van der Waals surface area contributed by atoms with E-state index in [4.69, 9.17) is 0 Å². The number of amides is 1. The maximum atomic E-state index is 12.5. The van der Waals surface area contributed by atoms with Gasteiger partial charge in [0.1, 0.15) is 0 Å². The zero-order chi connectivity index (χ0) is 18.6. The van der Waals surface area contributed by atoms with E-state index in [1.807, 2.05) is 48.0 Å². The Labute approximate surface area is 163 Å². The minimum atomic E-state index is 0.0333. The SMILES string of the molecule is Cn1c(SCC(=O)N[C@@H]2CCCc3ccccc32)nnc1-c1ccccc1. The number of rotatable bonds is 5. The zero-order valence-corrected chi connectivity index (χ0v) is 16.1. The molecule has 4 rings (SSSR count). The van der Waals surface area contributed by atoms with Gasteiger partial charge in [-0.3, -0.25) is 4.79 Å². The van der Waals surface area contributed by atoms with Crippen LogP contribution in [-0.2, 0) is 18.3 Å². The van der Waals surface area contributed by atoms with Crippen LogP contribution in [0.3, 0.4) is 0 Å². The van der Waals surface area contributed by atoms with Crippen LogP contribution in [0, 0.1) is 0 Å². The van der Waals surface area contributed by atoms with Crippen molar-refractivity contribution in [2.24, 2.45) is 7.05 Å². The molecule has 1 heterocycles. The fourth-order valence-electron chi connectivity index (χ4n) is 3.55. The Morgan fingerprint density at radius 1 is 1.15 bits per heavy atom. The van der Waals surface area contributed by atoms with E-state index < -0.39 is 0 Å². The molecule has 0 fully saturated rings. The van der Waals surface area contributed by atoms with Crippen LogP contribution in [0.25, 0.3) is 11.4 Å². The lowest BCUT2D eigenvalue weighted by molar-refractivity contribution is -0.119. The van der Waals surface area contributed by atoms with E-state index in [-0.39, 0.29) is 11.9 Å². The smallest absolute Gasteiger partial charge is 0.230 e. The molecule has 2 aromatic carbocycles. The highest BCUT2D eigenvalue weighted by atomic mass is 32.2. The highest BCUT2D eigenvalue weighted by Crippen LogP contribution is 2.29. The molecule has 1 aliphatic rings. The van der Waals surface area contributed by atoms with E-state index in [0.29, 0.717) is 5.75 Å². The van der Waals surface area contributed by atoms with Gasteiger partial charge < -0.3 is 9.88 Å². The number of nitrogens with zero attached hydrogens (tertiary/aromatic N) is 3. The molecule has 0 radical (unpaired) electrons. The van der Waals surface area contributed by atoms with E-state index in [9.17, 15) is 4.79 Å². The molecule has 6 heteroatoms. The van der Waals surface area contributed by atoms with Gasteiger partial charge in [-0.25, -0.2) is 0 Å². The van der Waals surface area contributed by atoms with Crippen molar-refractivity contribution < 1.29 is 4.79 Å². The van der Waals surface area contributed by atoms with Crippen molar-refractivity contribution in [1.82, 2.24) is 20.1 Å². The lowest BCUT2D eigenvalue weighted by Gasteiger charge is -2.26. The summed E-state index contributed by atoms with van der Waals surface area (Å²) in [7, 11) is 1.93.